The van der Waals surface area contributed by atoms with Crippen molar-refractivity contribution < 1.29 is 13.7 Å². The van der Waals surface area contributed by atoms with Gasteiger partial charge in [-0.2, -0.15) is 0 Å². The number of nitro benzene ring substituents is 1. The van der Waals surface area contributed by atoms with Crippen molar-refractivity contribution in [3.05, 3.63) is 32.8 Å². The maximum atomic E-state index is 13.3. The number of benzene rings is 1. The fourth-order valence-corrected chi connectivity index (χ4v) is 2.65. The van der Waals surface area contributed by atoms with E-state index in [0.29, 0.717) is 23.1 Å². The summed E-state index contributed by atoms with van der Waals surface area (Å²) in [6, 6.07) is 4.17. The Balaban J connectivity index is 2.26. The van der Waals surface area contributed by atoms with E-state index in [9.17, 15) is 18.9 Å². The summed E-state index contributed by atoms with van der Waals surface area (Å²) in [5.41, 5.74) is 0.509. The number of nitro groups is 1. The van der Waals surface area contributed by atoms with Gasteiger partial charge in [-0.25, -0.2) is 8.78 Å². The average Bonchev–Trinajstić information content (AvgIpc) is 2.27. The van der Waals surface area contributed by atoms with Gasteiger partial charge in [-0.15, -0.1) is 0 Å². The summed E-state index contributed by atoms with van der Waals surface area (Å²) < 4.78 is 27.1. The number of anilines is 1. The summed E-state index contributed by atoms with van der Waals surface area (Å²) in [5, 5.41) is 10.6. The van der Waals surface area contributed by atoms with E-state index in [-0.39, 0.29) is 18.7 Å². The second-order valence-electron chi connectivity index (χ2n) is 4.27. The molecule has 7 heteroatoms. The lowest BCUT2D eigenvalue weighted by Crippen LogP contribution is -2.42. The lowest BCUT2D eigenvalue weighted by atomic mass is 10.1. The number of rotatable bonds is 2. The third kappa shape index (κ3) is 2.77. The predicted octanol–water partition coefficient (Wildman–Crippen LogP) is 3.59. The molecule has 2 rings (SSSR count). The molecule has 0 atom stereocenters. The molecule has 1 aromatic carbocycles. The maximum absolute atomic E-state index is 13.3. The van der Waals surface area contributed by atoms with Crippen molar-refractivity contribution in [3.63, 3.8) is 0 Å². The molecule has 4 nitrogen and oxygen atoms in total. The molecule has 0 unspecified atom stereocenters. The van der Waals surface area contributed by atoms with Crippen LogP contribution in [0.4, 0.5) is 20.2 Å². The normalized spacial score (nSPS) is 18.7. The lowest BCUT2D eigenvalue weighted by Gasteiger charge is -2.34. The van der Waals surface area contributed by atoms with Crippen molar-refractivity contribution >= 4 is 27.3 Å². The van der Waals surface area contributed by atoms with Crippen molar-refractivity contribution in [2.45, 2.75) is 18.8 Å². The Morgan fingerprint density at radius 1 is 1.44 bits per heavy atom. The SMILES string of the molecule is O=[N+]([O-])c1ccc(N2CCCC(F)(F)C2)c(Br)c1. The number of hydrogen-bond acceptors (Lipinski definition) is 3. The Bertz CT molecular complexity index is 482. The van der Waals surface area contributed by atoms with Crippen LogP contribution in [0.3, 0.4) is 0 Å². The standard InChI is InChI=1S/C11H11BrF2N2O2/c12-9-6-8(16(17)18)2-3-10(9)15-5-1-4-11(13,14)7-15/h2-3,6H,1,4-5,7H2. The Kier molecular flexibility index (Phi) is 3.52. The highest BCUT2D eigenvalue weighted by Gasteiger charge is 2.35. The van der Waals surface area contributed by atoms with Gasteiger partial charge >= 0.3 is 0 Å². The first kappa shape index (κ1) is 13.2. The van der Waals surface area contributed by atoms with Crippen LogP contribution >= 0.6 is 15.9 Å². The van der Waals surface area contributed by atoms with Crippen LogP contribution in [0.5, 0.6) is 0 Å². The number of alkyl halides is 2. The minimum absolute atomic E-state index is 0.0607. The number of hydrogen-bond donors (Lipinski definition) is 0. The number of halogens is 3. The third-order valence-corrected chi connectivity index (χ3v) is 3.51. The molecule has 1 fully saturated rings. The Labute approximate surface area is 111 Å². The van der Waals surface area contributed by atoms with Crippen LogP contribution in [0.15, 0.2) is 22.7 Å². The van der Waals surface area contributed by atoms with Gasteiger partial charge in [0.15, 0.2) is 0 Å². The van der Waals surface area contributed by atoms with E-state index in [1.165, 1.54) is 18.2 Å². The molecule has 0 bridgehead atoms. The highest BCUT2D eigenvalue weighted by molar-refractivity contribution is 9.10. The van der Waals surface area contributed by atoms with Crippen molar-refractivity contribution in [1.82, 2.24) is 0 Å². The molecule has 1 aromatic rings. The zero-order valence-corrected chi connectivity index (χ0v) is 11.0. The van der Waals surface area contributed by atoms with Crippen LogP contribution in [0.2, 0.25) is 0 Å². The Morgan fingerprint density at radius 2 is 2.17 bits per heavy atom. The zero-order chi connectivity index (χ0) is 13.3. The minimum Gasteiger partial charge on any atom is -0.365 e. The first-order chi connectivity index (χ1) is 8.39. The van der Waals surface area contributed by atoms with Gasteiger partial charge in [0.25, 0.3) is 11.6 Å². The van der Waals surface area contributed by atoms with Gasteiger partial charge in [-0.05, 0) is 28.4 Å². The molecule has 0 saturated carbocycles. The lowest BCUT2D eigenvalue weighted by molar-refractivity contribution is -0.384. The molecule has 98 valence electrons. The molecular weight excluding hydrogens is 310 g/mol. The summed E-state index contributed by atoms with van der Waals surface area (Å²) in [6.07, 6.45) is 0.310. The monoisotopic (exact) mass is 320 g/mol. The molecule has 18 heavy (non-hydrogen) atoms. The van der Waals surface area contributed by atoms with E-state index in [1.807, 2.05) is 0 Å². The molecule has 0 N–H and O–H groups in total. The Morgan fingerprint density at radius 3 is 2.72 bits per heavy atom. The fraction of sp³-hybridized carbons (Fsp3) is 0.455. The topological polar surface area (TPSA) is 46.4 Å². The van der Waals surface area contributed by atoms with Gasteiger partial charge in [0.1, 0.15) is 0 Å². The summed E-state index contributed by atoms with van der Waals surface area (Å²) in [7, 11) is 0. The quantitative estimate of drug-likeness (QED) is 0.618. The number of piperidine rings is 1. The summed E-state index contributed by atoms with van der Waals surface area (Å²) >= 11 is 3.20. The van der Waals surface area contributed by atoms with Gasteiger partial charge in [0, 0.05) is 29.6 Å². The van der Waals surface area contributed by atoms with Crippen LogP contribution in [-0.2, 0) is 0 Å². The first-order valence-electron chi connectivity index (χ1n) is 5.46. The van der Waals surface area contributed by atoms with Gasteiger partial charge in [-0.3, -0.25) is 10.1 Å². The molecule has 0 aliphatic carbocycles. The van der Waals surface area contributed by atoms with E-state index in [0.717, 1.165) is 0 Å². The molecule has 1 aliphatic heterocycles. The molecular formula is C11H11BrF2N2O2. The molecule has 1 heterocycles. The highest BCUT2D eigenvalue weighted by Crippen LogP contribution is 2.35. The second-order valence-corrected chi connectivity index (χ2v) is 5.13. The average molecular weight is 321 g/mol. The summed E-state index contributed by atoms with van der Waals surface area (Å²) in [4.78, 5) is 11.6. The molecule has 0 aromatic heterocycles. The van der Waals surface area contributed by atoms with Gasteiger partial charge in [-0.1, -0.05) is 0 Å². The maximum Gasteiger partial charge on any atom is 0.270 e. The molecule has 0 radical (unpaired) electrons. The number of non-ortho nitro benzene ring substituents is 1. The Hall–Kier alpha value is -1.24. The van der Waals surface area contributed by atoms with Gasteiger partial charge in [0.2, 0.25) is 0 Å². The predicted molar refractivity (Wildman–Crippen MR) is 67.2 cm³/mol. The molecule has 1 aliphatic rings. The largest absolute Gasteiger partial charge is 0.365 e. The fourth-order valence-electron chi connectivity index (χ4n) is 2.04. The summed E-state index contributed by atoms with van der Waals surface area (Å²) in [5.74, 6) is -2.69. The highest BCUT2D eigenvalue weighted by atomic mass is 79.9. The smallest absolute Gasteiger partial charge is 0.270 e. The van der Waals surface area contributed by atoms with Crippen LogP contribution in [0, 0.1) is 10.1 Å². The van der Waals surface area contributed by atoms with Crippen molar-refractivity contribution in [2.75, 3.05) is 18.0 Å². The van der Waals surface area contributed by atoms with Crippen molar-refractivity contribution in [3.8, 4) is 0 Å². The van der Waals surface area contributed by atoms with E-state index >= 15 is 0 Å². The van der Waals surface area contributed by atoms with E-state index < -0.39 is 10.8 Å². The third-order valence-electron chi connectivity index (χ3n) is 2.88. The van der Waals surface area contributed by atoms with Crippen LogP contribution in [0.25, 0.3) is 0 Å². The van der Waals surface area contributed by atoms with Crippen LogP contribution < -0.4 is 4.90 Å². The van der Waals surface area contributed by atoms with Crippen LogP contribution in [0.1, 0.15) is 12.8 Å². The summed E-state index contributed by atoms with van der Waals surface area (Å²) in [6.45, 7) is 0.190. The first-order valence-corrected chi connectivity index (χ1v) is 6.25. The second kappa shape index (κ2) is 4.79. The molecule has 1 saturated heterocycles. The van der Waals surface area contributed by atoms with Crippen molar-refractivity contribution in [2.24, 2.45) is 0 Å². The van der Waals surface area contributed by atoms with E-state index in [2.05, 4.69) is 15.9 Å². The van der Waals surface area contributed by atoms with Gasteiger partial charge < -0.3 is 4.90 Å². The van der Waals surface area contributed by atoms with Crippen LogP contribution in [-0.4, -0.2) is 23.9 Å². The number of nitrogens with zero attached hydrogens (tertiary/aromatic N) is 2. The van der Waals surface area contributed by atoms with Crippen molar-refractivity contribution in [1.29, 1.82) is 0 Å². The van der Waals surface area contributed by atoms with Gasteiger partial charge in [0.05, 0.1) is 17.2 Å². The van der Waals surface area contributed by atoms with E-state index in [1.54, 1.807) is 4.90 Å². The minimum atomic E-state index is -2.69. The molecule has 0 spiro atoms. The molecule has 0 amide bonds. The van der Waals surface area contributed by atoms with E-state index in [4.69, 9.17) is 0 Å². The zero-order valence-electron chi connectivity index (χ0n) is 9.41.